The van der Waals surface area contributed by atoms with Crippen LogP contribution in [0.5, 0.6) is 0 Å². The molecular weight excluding hydrogens is 326 g/mol. The van der Waals surface area contributed by atoms with Gasteiger partial charge < -0.3 is 4.52 Å². The number of rotatable bonds is 2. The van der Waals surface area contributed by atoms with Crippen LogP contribution < -0.4 is 0 Å². The van der Waals surface area contributed by atoms with E-state index >= 15 is 0 Å². The maximum atomic E-state index is 13.4. The zero-order valence-electron chi connectivity index (χ0n) is 15.4. The Morgan fingerprint density at radius 1 is 1.23 bits per heavy atom. The summed E-state index contributed by atoms with van der Waals surface area (Å²) in [6, 6.07) is 9.67. The molecule has 0 aliphatic heterocycles. The van der Waals surface area contributed by atoms with Gasteiger partial charge in [-0.3, -0.25) is 4.79 Å². The van der Waals surface area contributed by atoms with Crippen molar-refractivity contribution in [1.29, 1.82) is 0 Å². The first kappa shape index (κ1) is 15.6. The zero-order chi connectivity index (χ0) is 18.2. The minimum Gasteiger partial charge on any atom is -0.360 e. The minimum atomic E-state index is -0.147. The van der Waals surface area contributed by atoms with Crippen molar-refractivity contribution in [2.45, 2.75) is 40.0 Å². The molecule has 2 atom stereocenters. The van der Waals surface area contributed by atoms with Crippen molar-refractivity contribution in [1.82, 2.24) is 14.9 Å². The van der Waals surface area contributed by atoms with E-state index in [9.17, 15) is 4.79 Å². The lowest BCUT2D eigenvalue weighted by molar-refractivity contribution is 0.0940. The fourth-order valence-electron chi connectivity index (χ4n) is 4.79. The van der Waals surface area contributed by atoms with Crippen molar-refractivity contribution < 1.29 is 9.32 Å². The highest BCUT2D eigenvalue weighted by molar-refractivity contribution is 6.02. The lowest BCUT2D eigenvalue weighted by Crippen LogP contribution is -2.18. The summed E-state index contributed by atoms with van der Waals surface area (Å²) >= 11 is 0. The van der Waals surface area contributed by atoms with Gasteiger partial charge >= 0.3 is 0 Å². The van der Waals surface area contributed by atoms with Crippen LogP contribution in [0.4, 0.5) is 0 Å². The molecule has 0 N–H and O–H groups in total. The molecule has 1 aromatic carbocycles. The Kier molecular flexibility index (Phi) is 2.95. The zero-order valence-corrected chi connectivity index (χ0v) is 15.4. The quantitative estimate of drug-likeness (QED) is 0.699. The summed E-state index contributed by atoms with van der Waals surface area (Å²) in [5.41, 5.74) is 5.61. The molecule has 0 spiro atoms. The highest BCUT2D eigenvalue weighted by Crippen LogP contribution is 2.70. The largest absolute Gasteiger partial charge is 0.360 e. The third kappa shape index (κ3) is 1.88. The second kappa shape index (κ2) is 4.93. The van der Waals surface area contributed by atoms with Crippen molar-refractivity contribution in [3.05, 3.63) is 58.6 Å². The van der Waals surface area contributed by atoms with Gasteiger partial charge in [0, 0.05) is 11.1 Å². The molecule has 3 aromatic rings. The molecular formula is C21H21N3O2. The van der Waals surface area contributed by atoms with Crippen molar-refractivity contribution in [3.8, 4) is 11.3 Å². The van der Waals surface area contributed by atoms with Gasteiger partial charge in [-0.25, -0.2) is 4.68 Å². The van der Waals surface area contributed by atoms with E-state index in [1.807, 2.05) is 37.3 Å². The standard InChI is InChI=1S/C21H21N3O2/c1-11-16-15(10-14-18(16)21(14,3)4)24(22-11)20(25)17-12(2)26-23-19(17)13-8-6-5-7-9-13/h5-9,14,18H,10H2,1-4H3/t14-,18-/m0/s1. The number of fused-ring (bicyclic) bond motifs is 3. The molecule has 1 fully saturated rings. The number of aromatic nitrogens is 3. The lowest BCUT2D eigenvalue weighted by Gasteiger charge is -2.10. The van der Waals surface area contributed by atoms with E-state index in [4.69, 9.17) is 4.52 Å². The Morgan fingerprint density at radius 2 is 1.96 bits per heavy atom. The van der Waals surface area contributed by atoms with Gasteiger partial charge in [0.05, 0.1) is 11.4 Å². The van der Waals surface area contributed by atoms with Gasteiger partial charge in [0.15, 0.2) is 0 Å². The molecule has 5 heteroatoms. The maximum absolute atomic E-state index is 13.4. The molecule has 0 radical (unpaired) electrons. The predicted molar refractivity (Wildman–Crippen MR) is 97.1 cm³/mol. The second-order valence-corrected chi connectivity index (χ2v) is 8.10. The van der Waals surface area contributed by atoms with Crippen LogP contribution in [0.15, 0.2) is 34.9 Å². The van der Waals surface area contributed by atoms with E-state index in [2.05, 4.69) is 24.1 Å². The molecule has 132 valence electrons. The van der Waals surface area contributed by atoms with Crippen LogP contribution in [-0.2, 0) is 6.42 Å². The van der Waals surface area contributed by atoms with Gasteiger partial charge in [-0.1, -0.05) is 49.3 Å². The topological polar surface area (TPSA) is 60.9 Å². The summed E-state index contributed by atoms with van der Waals surface area (Å²) in [5, 5.41) is 8.75. The Balaban J connectivity index is 1.61. The molecule has 1 saturated carbocycles. The molecule has 0 unspecified atom stereocenters. The molecule has 2 aliphatic rings. The molecule has 5 rings (SSSR count). The molecule has 2 aliphatic carbocycles. The van der Waals surface area contributed by atoms with E-state index in [0.717, 1.165) is 23.4 Å². The third-order valence-electron chi connectivity index (χ3n) is 6.30. The van der Waals surface area contributed by atoms with Gasteiger partial charge in [0.25, 0.3) is 5.91 Å². The summed E-state index contributed by atoms with van der Waals surface area (Å²) in [6.45, 7) is 8.41. The minimum absolute atomic E-state index is 0.147. The highest BCUT2D eigenvalue weighted by atomic mass is 16.5. The van der Waals surface area contributed by atoms with Crippen molar-refractivity contribution >= 4 is 5.91 Å². The normalized spacial score (nSPS) is 22.2. The molecule has 2 aromatic heterocycles. The second-order valence-electron chi connectivity index (χ2n) is 8.10. The monoisotopic (exact) mass is 347 g/mol. The molecule has 5 nitrogen and oxygen atoms in total. The number of aryl methyl sites for hydroxylation is 2. The average Bonchev–Trinajstić information content (AvgIpc) is 3.07. The lowest BCUT2D eigenvalue weighted by atomic mass is 9.98. The van der Waals surface area contributed by atoms with Crippen LogP contribution in [0.2, 0.25) is 0 Å². The number of carbonyl (C=O) groups excluding carboxylic acids is 1. The van der Waals surface area contributed by atoms with E-state index < -0.39 is 0 Å². The maximum Gasteiger partial charge on any atom is 0.284 e. The van der Waals surface area contributed by atoms with Gasteiger partial charge in [0.2, 0.25) is 0 Å². The molecule has 2 heterocycles. The number of hydrogen-bond acceptors (Lipinski definition) is 4. The Labute approximate surface area is 152 Å². The van der Waals surface area contributed by atoms with Crippen LogP contribution in [0.3, 0.4) is 0 Å². The van der Waals surface area contributed by atoms with Crippen molar-refractivity contribution in [2.75, 3.05) is 0 Å². The van der Waals surface area contributed by atoms with Crippen molar-refractivity contribution in [3.63, 3.8) is 0 Å². The fourth-order valence-corrected chi connectivity index (χ4v) is 4.79. The summed E-state index contributed by atoms with van der Waals surface area (Å²) in [6.07, 6.45) is 0.921. The summed E-state index contributed by atoms with van der Waals surface area (Å²) < 4.78 is 6.97. The van der Waals surface area contributed by atoms with E-state index in [-0.39, 0.29) is 5.91 Å². The Bertz CT molecular complexity index is 1040. The van der Waals surface area contributed by atoms with E-state index in [1.165, 1.54) is 5.56 Å². The molecule has 0 amide bonds. The summed E-state index contributed by atoms with van der Waals surface area (Å²) in [4.78, 5) is 13.4. The number of benzene rings is 1. The predicted octanol–water partition coefficient (Wildman–Crippen LogP) is 4.14. The summed E-state index contributed by atoms with van der Waals surface area (Å²) in [7, 11) is 0. The SMILES string of the molecule is Cc1nn(C(=O)c2c(-c3ccccc3)noc2C)c2c1[C@@H]1[C@H](C2)C1(C)C. The van der Waals surface area contributed by atoms with Gasteiger partial charge in [0.1, 0.15) is 17.0 Å². The van der Waals surface area contributed by atoms with Gasteiger partial charge in [-0.05, 0) is 37.5 Å². The van der Waals surface area contributed by atoms with E-state index in [1.54, 1.807) is 11.6 Å². The van der Waals surface area contributed by atoms with Crippen LogP contribution in [0, 0.1) is 25.2 Å². The van der Waals surface area contributed by atoms with Crippen LogP contribution >= 0.6 is 0 Å². The van der Waals surface area contributed by atoms with Crippen LogP contribution in [-0.4, -0.2) is 20.8 Å². The Morgan fingerprint density at radius 3 is 2.69 bits per heavy atom. The molecule has 0 saturated heterocycles. The summed E-state index contributed by atoms with van der Waals surface area (Å²) in [5.74, 6) is 1.55. The first-order chi connectivity index (χ1) is 12.4. The smallest absolute Gasteiger partial charge is 0.284 e. The average molecular weight is 347 g/mol. The number of hydrogen-bond donors (Lipinski definition) is 0. The number of carbonyl (C=O) groups is 1. The van der Waals surface area contributed by atoms with E-state index in [0.29, 0.717) is 34.3 Å². The number of nitrogens with zero attached hydrogens (tertiary/aromatic N) is 3. The van der Waals surface area contributed by atoms with Gasteiger partial charge in [-0.15, -0.1) is 0 Å². The third-order valence-corrected chi connectivity index (χ3v) is 6.30. The molecule has 26 heavy (non-hydrogen) atoms. The first-order valence-corrected chi connectivity index (χ1v) is 9.06. The molecule has 0 bridgehead atoms. The van der Waals surface area contributed by atoms with Crippen LogP contribution in [0.25, 0.3) is 11.3 Å². The first-order valence-electron chi connectivity index (χ1n) is 9.06. The van der Waals surface area contributed by atoms with Crippen molar-refractivity contribution in [2.24, 2.45) is 11.3 Å². The van der Waals surface area contributed by atoms with Crippen LogP contribution in [0.1, 0.15) is 52.8 Å². The Hall–Kier alpha value is -2.69. The highest BCUT2D eigenvalue weighted by Gasteiger charge is 2.64. The van der Waals surface area contributed by atoms with Gasteiger partial charge in [-0.2, -0.15) is 5.10 Å². The fraction of sp³-hybridized carbons (Fsp3) is 0.381.